The Bertz CT molecular complexity index is 761. The van der Waals surface area contributed by atoms with E-state index in [-0.39, 0.29) is 5.97 Å². The number of hydrogen-bond donors (Lipinski definition) is 0. The maximum atomic E-state index is 12.1. The van der Waals surface area contributed by atoms with Gasteiger partial charge < -0.3 is 9.64 Å². The molecule has 0 saturated carbocycles. The second-order valence-electron chi connectivity index (χ2n) is 5.45. The van der Waals surface area contributed by atoms with Gasteiger partial charge in [0.25, 0.3) is 0 Å². The summed E-state index contributed by atoms with van der Waals surface area (Å²) in [6.07, 6.45) is 1.68. The van der Waals surface area contributed by atoms with Crippen molar-refractivity contribution in [3.63, 3.8) is 0 Å². The largest absolute Gasteiger partial charge is 0.461 e. The molecule has 2 heterocycles. The van der Waals surface area contributed by atoms with Gasteiger partial charge in [-0.05, 0) is 26.0 Å². The van der Waals surface area contributed by atoms with Crippen molar-refractivity contribution < 1.29 is 9.53 Å². The number of aromatic nitrogens is 2. The molecule has 2 aromatic rings. The first-order valence-corrected chi connectivity index (χ1v) is 7.27. The highest BCUT2D eigenvalue weighted by molar-refractivity contribution is 5.89. The van der Waals surface area contributed by atoms with E-state index in [1.54, 1.807) is 13.3 Å². The second-order valence-corrected chi connectivity index (χ2v) is 5.45. The van der Waals surface area contributed by atoms with Crippen LogP contribution in [0.15, 0.2) is 31.1 Å². The van der Waals surface area contributed by atoms with Gasteiger partial charge in [-0.2, -0.15) is 0 Å². The lowest BCUT2D eigenvalue weighted by Gasteiger charge is -2.19. The number of hydrogen-bond acceptors (Lipinski definition) is 4. The zero-order valence-electron chi connectivity index (χ0n) is 13.1. The summed E-state index contributed by atoms with van der Waals surface area (Å²) >= 11 is 0. The molecule has 5 nitrogen and oxygen atoms in total. The second kappa shape index (κ2) is 5.33. The number of esters is 1. The third kappa shape index (κ3) is 2.19. The van der Waals surface area contributed by atoms with Crippen LogP contribution in [0.25, 0.3) is 11.4 Å². The van der Waals surface area contributed by atoms with Gasteiger partial charge in [-0.3, -0.25) is 4.57 Å². The number of fused-ring (bicyclic) bond motifs is 3. The summed E-state index contributed by atoms with van der Waals surface area (Å²) in [5, 5.41) is 0. The van der Waals surface area contributed by atoms with E-state index in [9.17, 15) is 4.79 Å². The van der Waals surface area contributed by atoms with Gasteiger partial charge in [0.2, 0.25) is 0 Å². The van der Waals surface area contributed by atoms with E-state index < -0.39 is 0 Å². The van der Waals surface area contributed by atoms with Crippen molar-refractivity contribution in [2.45, 2.75) is 20.4 Å². The fourth-order valence-electron chi connectivity index (χ4n) is 2.72. The highest BCUT2D eigenvalue weighted by atomic mass is 16.5. The van der Waals surface area contributed by atoms with Gasteiger partial charge in [-0.15, -0.1) is 0 Å². The van der Waals surface area contributed by atoms with Crippen molar-refractivity contribution in [3.8, 4) is 5.69 Å². The zero-order chi connectivity index (χ0) is 15.9. The highest BCUT2D eigenvalue weighted by Crippen LogP contribution is 2.31. The zero-order valence-corrected chi connectivity index (χ0v) is 13.1. The molecule has 0 fully saturated rings. The monoisotopic (exact) mass is 297 g/mol. The number of nitrogens with zero attached hydrogens (tertiary/aromatic N) is 3. The number of benzene rings is 1. The lowest BCUT2D eigenvalue weighted by Crippen LogP contribution is -2.17. The summed E-state index contributed by atoms with van der Waals surface area (Å²) < 4.78 is 7.06. The minimum absolute atomic E-state index is 0.337. The predicted molar refractivity (Wildman–Crippen MR) is 84.8 cm³/mol. The smallest absolute Gasteiger partial charge is 0.358 e. The minimum atomic E-state index is -0.383. The topological polar surface area (TPSA) is 47.4 Å². The van der Waals surface area contributed by atoms with Crippen molar-refractivity contribution in [2.24, 2.45) is 0 Å². The molecule has 0 bridgehead atoms. The Morgan fingerprint density at radius 1 is 1.45 bits per heavy atom. The normalized spacial score (nSPS) is 13.4. The standard InChI is InChI=1S/C17H19N3O2/c1-5-22-17(21)16-15-9-19(4)12(3)13-8-11(2)6-7-14(13)20(15)10-18-16/h6-8,10H,3,5,9H2,1-2,4H3. The van der Waals surface area contributed by atoms with Gasteiger partial charge in [0, 0.05) is 18.3 Å². The van der Waals surface area contributed by atoms with E-state index in [4.69, 9.17) is 4.74 Å². The number of ether oxygens (including phenoxy) is 1. The third-order valence-corrected chi connectivity index (χ3v) is 3.91. The molecule has 5 heteroatoms. The van der Waals surface area contributed by atoms with Crippen molar-refractivity contribution in [1.29, 1.82) is 0 Å². The molecule has 0 aliphatic carbocycles. The van der Waals surface area contributed by atoms with Gasteiger partial charge in [-0.25, -0.2) is 9.78 Å². The van der Waals surface area contributed by atoms with Crippen LogP contribution in [0.4, 0.5) is 0 Å². The Morgan fingerprint density at radius 2 is 2.23 bits per heavy atom. The Labute approximate surface area is 129 Å². The van der Waals surface area contributed by atoms with E-state index in [1.165, 1.54) is 5.56 Å². The molecule has 0 unspecified atom stereocenters. The summed E-state index contributed by atoms with van der Waals surface area (Å²) in [6, 6.07) is 6.19. The molecule has 1 aromatic carbocycles. The molecule has 0 N–H and O–H groups in total. The van der Waals surface area contributed by atoms with Gasteiger partial charge >= 0.3 is 5.97 Å². The van der Waals surface area contributed by atoms with Crippen LogP contribution in [-0.4, -0.2) is 34.1 Å². The van der Waals surface area contributed by atoms with Crippen molar-refractivity contribution in [2.75, 3.05) is 13.7 Å². The van der Waals surface area contributed by atoms with E-state index in [2.05, 4.69) is 24.6 Å². The number of carbonyl (C=O) groups excluding carboxylic acids is 1. The molecular weight excluding hydrogens is 278 g/mol. The lowest BCUT2D eigenvalue weighted by molar-refractivity contribution is 0.0518. The van der Waals surface area contributed by atoms with Crippen LogP contribution < -0.4 is 0 Å². The van der Waals surface area contributed by atoms with Crippen LogP contribution in [0.5, 0.6) is 0 Å². The Kier molecular flexibility index (Phi) is 3.48. The highest BCUT2D eigenvalue weighted by Gasteiger charge is 2.26. The van der Waals surface area contributed by atoms with Crippen LogP contribution in [0.1, 0.15) is 34.2 Å². The molecular formula is C17H19N3O2. The summed E-state index contributed by atoms with van der Waals surface area (Å²) in [7, 11) is 1.96. The third-order valence-electron chi connectivity index (χ3n) is 3.91. The predicted octanol–water partition coefficient (Wildman–Crippen LogP) is 2.77. The number of carbonyl (C=O) groups is 1. The van der Waals surface area contributed by atoms with E-state index in [0.717, 1.165) is 22.6 Å². The van der Waals surface area contributed by atoms with Crippen LogP contribution in [0.2, 0.25) is 0 Å². The fourth-order valence-corrected chi connectivity index (χ4v) is 2.72. The van der Waals surface area contributed by atoms with Crippen LogP contribution >= 0.6 is 0 Å². The molecule has 0 saturated heterocycles. The number of aryl methyl sites for hydroxylation is 1. The van der Waals surface area contributed by atoms with Crippen molar-refractivity contribution >= 4 is 11.7 Å². The average Bonchev–Trinajstić information content (AvgIpc) is 2.86. The first kappa shape index (κ1) is 14.4. The molecule has 1 aliphatic heterocycles. The number of rotatable bonds is 2. The van der Waals surface area contributed by atoms with Crippen LogP contribution in [0.3, 0.4) is 0 Å². The molecule has 1 aliphatic rings. The van der Waals surface area contributed by atoms with Crippen molar-refractivity contribution in [1.82, 2.24) is 14.5 Å². The maximum absolute atomic E-state index is 12.1. The molecule has 22 heavy (non-hydrogen) atoms. The van der Waals surface area contributed by atoms with Gasteiger partial charge in [0.1, 0.15) is 6.33 Å². The first-order valence-electron chi connectivity index (χ1n) is 7.27. The lowest BCUT2D eigenvalue weighted by atomic mass is 10.1. The molecule has 1 aromatic heterocycles. The van der Waals surface area contributed by atoms with Gasteiger partial charge in [0.15, 0.2) is 5.69 Å². The Balaban J connectivity index is 2.20. The summed E-state index contributed by atoms with van der Waals surface area (Å²) in [5.74, 6) is -0.383. The molecule has 0 amide bonds. The van der Waals surface area contributed by atoms with E-state index >= 15 is 0 Å². The Hall–Kier alpha value is -2.56. The summed E-state index contributed by atoms with van der Waals surface area (Å²) in [6.45, 7) is 8.92. The van der Waals surface area contributed by atoms with Crippen LogP contribution in [0, 0.1) is 6.92 Å². The average molecular weight is 297 g/mol. The molecule has 3 rings (SSSR count). The minimum Gasteiger partial charge on any atom is -0.461 e. The summed E-state index contributed by atoms with van der Waals surface area (Å²) in [4.78, 5) is 18.4. The van der Waals surface area contributed by atoms with Crippen LogP contribution in [-0.2, 0) is 11.3 Å². The molecule has 0 atom stereocenters. The molecule has 0 spiro atoms. The van der Waals surface area contributed by atoms with Gasteiger partial charge in [0.05, 0.1) is 24.5 Å². The fraction of sp³-hybridized carbons (Fsp3) is 0.294. The Morgan fingerprint density at radius 3 is 2.95 bits per heavy atom. The SMILES string of the molecule is C=C1c2cc(C)ccc2-n2cnc(C(=O)OCC)c2CN1C. The van der Waals surface area contributed by atoms with E-state index in [1.807, 2.05) is 28.6 Å². The first-order chi connectivity index (χ1) is 10.5. The summed E-state index contributed by atoms with van der Waals surface area (Å²) in [5.41, 5.74) is 5.33. The van der Waals surface area contributed by atoms with Gasteiger partial charge in [-0.1, -0.05) is 18.2 Å². The quantitative estimate of drug-likeness (QED) is 0.800. The van der Waals surface area contributed by atoms with E-state index in [0.29, 0.717) is 18.8 Å². The maximum Gasteiger partial charge on any atom is 0.358 e. The molecule has 0 radical (unpaired) electrons. The van der Waals surface area contributed by atoms with Crippen molar-refractivity contribution in [3.05, 3.63) is 53.6 Å². The molecule has 114 valence electrons. The number of imidazole rings is 1.